The van der Waals surface area contributed by atoms with Crippen molar-refractivity contribution in [1.82, 2.24) is 4.98 Å². The van der Waals surface area contributed by atoms with E-state index in [0.29, 0.717) is 17.4 Å². The zero-order valence-electron chi connectivity index (χ0n) is 11.8. The number of rotatable bonds is 6. The molecule has 0 aromatic carbocycles. The van der Waals surface area contributed by atoms with Gasteiger partial charge in [-0.15, -0.1) is 23.1 Å². The summed E-state index contributed by atoms with van der Waals surface area (Å²) in [4.78, 5) is 40.9. The predicted molar refractivity (Wildman–Crippen MR) is 81.5 cm³/mol. The topological polar surface area (TPSA) is 76.6 Å². The zero-order valence-corrected chi connectivity index (χ0v) is 13.5. The maximum absolute atomic E-state index is 12.2. The van der Waals surface area contributed by atoms with E-state index >= 15 is 0 Å². The van der Waals surface area contributed by atoms with E-state index in [1.165, 1.54) is 23.1 Å². The van der Waals surface area contributed by atoms with Crippen LogP contribution < -0.4 is 4.90 Å². The minimum Gasteiger partial charge on any atom is -0.466 e. The fourth-order valence-corrected chi connectivity index (χ4v) is 3.73. The SMILES string of the molecule is CCOC(=O)Cc1csc(N2C(=O)CC(SCC)C2=O)n1. The van der Waals surface area contributed by atoms with Crippen LogP contribution in [0.25, 0.3) is 0 Å². The fraction of sp³-hybridized carbons (Fsp3) is 0.538. The average molecular weight is 328 g/mol. The van der Waals surface area contributed by atoms with Crippen LogP contribution in [0.5, 0.6) is 0 Å². The fourth-order valence-electron chi connectivity index (χ4n) is 1.98. The molecule has 1 aliphatic heterocycles. The number of nitrogens with zero attached hydrogens (tertiary/aromatic N) is 2. The molecule has 21 heavy (non-hydrogen) atoms. The summed E-state index contributed by atoms with van der Waals surface area (Å²) in [6.45, 7) is 4.00. The lowest BCUT2D eigenvalue weighted by Crippen LogP contribution is -2.31. The second-order valence-electron chi connectivity index (χ2n) is 4.32. The number of hydrogen-bond donors (Lipinski definition) is 0. The molecule has 1 saturated heterocycles. The molecule has 0 spiro atoms. The molecule has 0 radical (unpaired) electrons. The van der Waals surface area contributed by atoms with E-state index in [1.54, 1.807) is 12.3 Å². The highest BCUT2D eigenvalue weighted by Gasteiger charge is 2.40. The van der Waals surface area contributed by atoms with E-state index < -0.39 is 0 Å². The Morgan fingerprint density at radius 3 is 2.95 bits per heavy atom. The molecule has 1 unspecified atom stereocenters. The standard InChI is InChI=1S/C13H16N2O4S2/c1-3-19-11(17)5-8-7-21-13(14-8)15-10(16)6-9(12(15)18)20-4-2/h7,9H,3-6H2,1-2H3. The molecule has 0 bridgehead atoms. The highest BCUT2D eigenvalue weighted by molar-refractivity contribution is 8.00. The zero-order chi connectivity index (χ0) is 15.4. The molecule has 1 aromatic heterocycles. The number of aromatic nitrogens is 1. The maximum Gasteiger partial charge on any atom is 0.311 e. The van der Waals surface area contributed by atoms with E-state index in [0.717, 1.165) is 10.7 Å². The second kappa shape index (κ2) is 7.04. The molecule has 8 heteroatoms. The molecule has 1 fully saturated rings. The Morgan fingerprint density at radius 2 is 2.29 bits per heavy atom. The third kappa shape index (κ3) is 3.62. The number of carbonyl (C=O) groups excluding carboxylic acids is 3. The molecule has 1 aromatic rings. The van der Waals surface area contributed by atoms with Gasteiger partial charge in [-0.25, -0.2) is 9.88 Å². The molecule has 2 rings (SSSR count). The molecule has 2 amide bonds. The first-order valence-electron chi connectivity index (χ1n) is 6.65. The summed E-state index contributed by atoms with van der Waals surface area (Å²) in [7, 11) is 0. The molecule has 0 saturated carbocycles. The van der Waals surface area contributed by atoms with Gasteiger partial charge in [0.15, 0.2) is 5.13 Å². The summed E-state index contributed by atoms with van der Waals surface area (Å²) < 4.78 is 4.85. The highest BCUT2D eigenvalue weighted by atomic mass is 32.2. The minimum absolute atomic E-state index is 0.0493. The summed E-state index contributed by atoms with van der Waals surface area (Å²) in [6.07, 6.45) is 0.262. The number of thioether (sulfide) groups is 1. The van der Waals surface area contributed by atoms with Gasteiger partial charge < -0.3 is 4.74 Å². The molecule has 6 nitrogen and oxygen atoms in total. The smallest absolute Gasteiger partial charge is 0.311 e. The molecule has 2 heterocycles. The van der Waals surface area contributed by atoms with Gasteiger partial charge in [-0.05, 0) is 12.7 Å². The van der Waals surface area contributed by atoms with Crippen LogP contribution in [0.2, 0.25) is 0 Å². The summed E-state index contributed by atoms with van der Waals surface area (Å²) in [5, 5.41) is 1.69. The predicted octanol–water partition coefficient (Wildman–Crippen LogP) is 1.63. The van der Waals surface area contributed by atoms with Crippen LogP contribution >= 0.6 is 23.1 Å². The number of carbonyl (C=O) groups is 3. The first kappa shape index (κ1) is 16.0. The quantitative estimate of drug-likeness (QED) is 0.583. The Kier molecular flexibility index (Phi) is 5.35. The first-order chi connectivity index (χ1) is 10.1. The number of amides is 2. The minimum atomic E-state index is -0.368. The van der Waals surface area contributed by atoms with Crippen LogP contribution in [-0.4, -0.2) is 40.4 Å². The number of esters is 1. The van der Waals surface area contributed by atoms with Crippen molar-refractivity contribution >= 4 is 46.0 Å². The summed E-state index contributed by atoms with van der Waals surface area (Å²) >= 11 is 2.65. The number of imide groups is 1. The Balaban J connectivity index is 2.09. The van der Waals surface area contributed by atoms with Crippen molar-refractivity contribution in [2.24, 2.45) is 0 Å². The van der Waals surface area contributed by atoms with Gasteiger partial charge in [0.05, 0.1) is 24.0 Å². The highest BCUT2D eigenvalue weighted by Crippen LogP contribution is 2.31. The molecule has 0 aliphatic carbocycles. The molecular formula is C13H16N2O4S2. The van der Waals surface area contributed by atoms with Crippen LogP contribution in [0.3, 0.4) is 0 Å². The Bertz CT molecular complexity index is 558. The van der Waals surface area contributed by atoms with E-state index in [2.05, 4.69) is 4.98 Å². The van der Waals surface area contributed by atoms with Crippen molar-refractivity contribution < 1.29 is 19.1 Å². The van der Waals surface area contributed by atoms with Crippen LogP contribution in [0.1, 0.15) is 26.0 Å². The van der Waals surface area contributed by atoms with Crippen molar-refractivity contribution in [2.45, 2.75) is 31.9 Å². The van der Waals surface area contributed by atoms with Crippen LogP contribution in [0, 0.1) is 0 Å². The molecular weight excluding hydrogens is 312 g/mol. The van der Waals surface area contributed by atoms with Gasteiger partial charge >= 0.3 is 5.97 Å². The molecule has 1 aliphatic rings. The van der Waals surface area contributed by atoms with Crippen LogP contribution in [0.4, 0.5) is 5.13 Å². The largest absolute Gasteiger partial charge is 0.466 e. The van der Waals surface area contributed by atoms with Gasteiger partial charge in [0.25, 0.3) is 0 Å². The average Bonchev–Trinajstić information content (AvgIpc) is 2.96. The lowest BCUT2D eigenvalue weighted by atomic mass is 10.3. The second-order valence-corrected chi connectivity index (χ2v) is 6.63. The van der Waals surface area contributed by atoms with E-state index in [1.807, 2.05) is 6.92 Å². The monoisotopic (exact) mass is 328 g/mol. The van der Waals surface area contributed by atoms with E-state index in [9.17, 15) is 14.4 Å². The molecule has 0 N–H and O–H groups in total. The Hall–Kier alpha value is -1.41. The molecule has 114 valence electrons. The van der Waals surface area contributed by atoms with Crippen molar-refractivity contribution in [2.75, 3.05) is 17.3 Å². The van der Waals surface area contributed by atoms with Gasteiger partial charge in [-0.1, -0.05) is 6.92 Å². The van der Waals surface area contributed by atoms with Gasteiger partial charge in [-0.3, -0.25) is 14.4 Å². The summed E-state index contributed by atoms with van der Waals surface area (Å²) in [5.41, 5.74) is 0.514. The molecule has 1 atom stereocenters. The third-order valence-corrected chi connectivity index (χ3v) is 4.81. The summed E-state index contributed by atoms with van der Waals surface area (Å²) in [6, 6.07) is 0. The number of anilines is 1. The van der Waals surface area contributed by atoms with E-state index in [4.69, 9.17) is 4.74 Å². The van der Waals surface area contributed by atoms with Crippen LogP contribution in [0.15, 0.2) is 5.38 Å². The normalized spacial score (nSPS) is 18.4. The van der Waals surface area contributed by atoms with E-state index in [-0.39, 0.29) is 35.9 Å². The van der Waals surface area contributed by atoms with Gasteiger partial charge in [-0.2, -0.15) is 0 Å². The van der Waals surface area contributed by atoms with Crippen molar-refractivity contribution in [3.05, 3.63) is 11.1 Å². The summed E-state index contributed by atoms with van der Waals surface area (Å²) in [5.74, 6) is -0.0385. The Morgan fingerprint density at radius 1 is 1.52 bits per heavy atom. The van der Waals surface area contributed by atoms with Gasteiger partial charge in [0, 0.05) is 11.8 Å². The Labute approximate surface area is 130 Å². The van der Waals surface area contributed by atoms with Crippen molar-refractivity contribution in [3.63, 3.8) is 0 Å². The number of ether oxygens (including phenoxy) is 1. The number of hydrogen-bond acceptors (Lipinski definition) is 7. The van der Waals surface area contributed by atoms with Crippen molar-refractivity contribution in [3.8, 4) is 0 Å². The third-order valence-electron chi connectivity index (χ3n) is 2.83. The maximum atomic E-state index is 12.2. The lowest BCUT2D eigenvalue weighted by molar-refractivity contribution is -0.142. The van der Waals surface area contributed by atoms with Gasteiger partial charge in [0.1, 0.15) is 0 Å². The first-order valence-corrected chi connectivity index (χ1v) is 8.58. The van der Waals surface area contributed by atoms with Crippen LogP contribution in [-0.2, 0) is 25.5 Å². The lowest BCUT2D eigenvalue weighted by Gasteiger charge is -2.10. The van der Waals surface area contributed by atoms with Gasteiger partial charge in [0.2, 0.25) is 11.8 Å². The number of thiazole rings is 1. The van der Waals surface area contributed by atoms with Crippen molar-refractivity contribution in [1.29, 1.82) is 0 Å².